The van der Waals surface area contributed by atoms with Gasteiger partial charge in [0, 0.05) is 18.9 Å². The van der Waals surface area contributed by atoms with Crippen molar-refractivity contribution < 1.29 is 27.9 Å². The Bertz CT molecular complexity index is 581. The summed E-state index contributed by atoms with van der Waals surface area (Å²) < 4.78 is 37.1. The molecule has 23 heavy (non-hydrogen) atoms. The van der Waals surface area contributed by atoms with Crippen molar-refractivity contribution >= 4 is 11.9 Å². The van der Waals surface area contributed by atoms with Crippen LogP contribution < -0.4 is 5.32 Å². The van der Waals surface area contributed by atoms with Gasteiger partial charge in [0.2, 0.25) is 5.82 Å². The Balaban J connectivity index is 2.02. The quantitative estimate of drug-likeness (QED) is 0.883. The zero-order valence-electron chi connectivity index (χ0n) is 12.2. The molecular formula is C14H16F3N3O3. The number of aliphatic carboxylic acids is 1. The average molecular weight is 331 g/mol. The number of rotatable bonds is 4. The zero-order chi connectivity index (χ0) is 17.1. The molecule has 1 heterocycles. The van der Waals surface area contributed by atoms with E-state index in [9.17, 15) is 27.9 Å². The number of amides is 1. The molecule has 1 amide bonds. The van der Waals surface area contributed by atoms with Crippen LogP contribution in [0.15, 0.2) is 12.4 Å². The summed E-state index contributed by atoms with van der Waals surface area (Å²) in [7, 11) is 0. The summed E-state index contributed by atoms with van der Waals surface area (Å²) >= 11 is 0. The van der Waals surface area contributed by atoms with Crippen molar-refractivity contribution in [1.82, 2.24) is 15.3 Å². The number of carbonyl (C=O) groups is 2. The minimum Gasteiger partial charge on any atom is -0.481 e. The van der Waals surface area contributed by atoms with Crippen LogP contribution in [0.2, 0.25) is 0 Å². The first-order valence-corrected chi connectivity index (χ1v) is 7.15. The lowest BCUT2D eigenvalue weighted by Crippen LogP contribution is -2.44. The normalized spacial score (nSPS) is 17.5. The number of alkyl halides is 3. The van der Waals surface area contributed by atoms with Gasteiger partial charge in [0.1, 0.15) is 0 Å². The smallest absolute Gasteiger partial charge is 0.451 e. The fourth-order valence-corrected chi connectivity index (χ4v) is 2.64. The van der Waals surface area contributed by atoms with E-state index in [-0.39, 0.29) is 12.1 Å². The van der Waals surface area contributed by atoms with E-state index < -0.39 is 29.3 Å². The van der Waals surface area contributed by atoms with Gasteiger partial charge in [-0.15, -0.1) is 0 Å². The second-order valence-corrected chi connectivity index (χ2v) is 5.62. The molecule has 0 aliphatic heterocycles. The number of halogens is 3. The fourth-order valence-electron chi connectivity index (χ4n) is 2.64. The summed E-state index contributed by atoms with van der Waals surface area (Å²) in [4.78, 5) is 29.6. The van der Waals surface area contributed by atoms with E-state index in [1.165, 1.54) is 0 Å². The van der Waals surface area contributed by atoms with E-state index in [4.69, 9.17) is 0 Å². The third-order valence-corrected chi connectivity index (χ3v) is 4.02. The van der Waals surface area contributed by atoms with Crippen LogP contribution in [0.1, 0.15) is 48.3 Å². The molecular weight excluding hydrogens is 315 g/mol. The number of carboxylic acid groups (broad SMARTS) is 1. The highest BCUT2D eigenvalue weighted by Gasteiger charge is 2.40. The van der Waals surface area contributed by atoms with Crippen LogP contribution >= 0.6 is 0 Å². The molecule has 9 heteroatoms. The Morgan fingerprint density at radius 3 is 2.22 bits per heavy atom. The van der Waals surface area contributed by atoms with E-state index in [1.54, 1.807) is 0 Å². The molecule has 0 aromatic carbocycles. The number of carboxylic acids is 1. The van der Waals surface area contributed by atoms with Gasteiger partial charge >= 0.3 is 12.1 Å². The van der Waals surface area contributed by atoms with Crippen molar-refractivity contribution in [2.75, 3.05) is 6.54 Å². The predicted molar refractivity (Wildman–Crippen MR) is 72.5 cm³/mol. The van der Waals surface area contributed by atoms with E-state index in [0.29, 0.717) is 12.8 Å². The number of nitrogens with zero attached hydrogens (tertiary/aromatic N) is 2. The number of carbonyl (C=O) groups excluding carboxylic acids is 1. The highest BCUT2D eigenvalue weighted by molar-refractivity contribution is 5.94. The topological polar surface area (TPSA) is 92.2 Å². The monoisotopic (exact) mass is 331 g/mol. The predicted octanol–water partition coefficient (Wildman–Crippen LogP) is 2.26. The van der Waals surface area contributed by atoms with Gasteiger partial charge in [-0.3, -0.25) is 9.59 Å². The standard InChI is InChI=1S/C14H16F3N3O3/c15-14(16,17)11-18-6-9(7-19-11)10(21)20-8-13(12(22)23)4-2-1-3-5-13/h6-7H,1-5,8H2,(H,20,21)(H,22,23). The summed E-state index contributed by atoms with van der Waals surface area (Å²) in [5, 5.41) is 11.9. The first-order valence-electron chi connectivity index (χ1n) is 7.15. The summed E-state index contributed by atoms with van der Waals surface area (Å²) in [6.45, 7) is -0.0673. The third-order valence-electron chi connectivity index (χ3n) is 4.02. The second-order valence-electron chi connectivity index (χ2n) is 5.62. The van der Waals surface area contributed by atoms with Gasteiger partial charge < -0.3 is 10.4 Å². The molecule has 1 fully saturated rings. The van der Waals surface area contributed by atoms with Crippen LogP contribution in [0.3, 0.4) is 0 Å². The van der Waals surface area contributed by atoms with Gasteiger partial charge in [0.25, 0.3) is 5.91 Å². The third kappa shape index (κ3) is 3.96. The van der Waals surface area contributed by atoms with Crippen LogP contribution in [0.5, 0.6) is 0 Å². The molecule has 6 nitrogen and oxygen atoms in total. The number of nitrogens with one attached hydrogen (secondary N) is 1. The van der Waals surface area contributed by atoms with E-state index in [0.717, 1.165) is 31.7 Å². The fraction of sp³-hybridized carbons (Fsp3) is 0.571. The minimum atomic E-state index is -4.68. The van der Waals surface area contributed by atoms with Crippen molar-refractivity contribution in [3.8, 4) is 0 Å². The van der Waals surface area contributed by atoms with Gasteiger partial charge in [-0.25, -0.2) is 9.97 Å². The lowest BCUT2D eigenvalue weighted by molar-refractivity contribution is -0.150. The summed E-state index contributed by atoms with van der Waals surface area (Å²) in [5.74, 6) is -2.99. The molecule has 1 aromatic heterocycles. The number of aromatic nitrogens is 2. The maximum Gasteiger partial charge on any atom is 0.451 e. The molecule has 126 valence electrons. The van der Waals surface area contributed by atoms with Crippen LogP contribution in [0.4, 0.5) is 13.2 Å². The summed E-state index contributed by atoms with van der Waals surface area (Å²) in [6, 6.07) is 0. The molecule has 0 unspecified atom stereocenters. The zero-order valence-corrected chi connectivity index (χ0v) is 12.2. The molecule has 2 N–H and O–H groups in total. The van der Waals surface area contributed by atoms with E-state index in [2.05, 4.69) is 15.3 Å². The van der Waals surface area contributed by atoms with Crippen molar-refractivity contribution in [2.24, 2.45) is 5.41 Å². The van der Waals surface area contributed by atoms with Crippen molar-refractivity contribution in [3.05, 3.63) is 23.8 Å². The molecule has 1 saturated carbocycles. The van der Waals surface area contributed by atoms with Crippen LogP contribution in [-0.2, 0) is 11.0 Å². The Hall–Kier alpha value is -2.19. The van der Waals surface area contributed by atoms with Gasteiger partial charge in [-0.2, -0.15) is 13.2 Å². The van der Waals surface area contributed by atoms with Crippen molar-refractivity contribution in [2.45, 2.75) is 38.3 Å². The molecule has 2 rings (SSSR count). The molecule has 0 spiro atoms. The number of hydrogen-bond acceptors (Lipinski definition) is 4. The van der Waals surface area contributed by atoms with Crippen LogP contribution in [0, 0.1) is 5.41 Å². The highest BCUT2D eigenvalue weighted by atomic mass is 19.4. The molecule has 0 bridgehead atoms. The van der Waals surface area contributed by atoms with E-state index >= 15 is 0 Å². The van der Waals surface area contributed by atoms with Crippen molar-refractivity contribution in [3.63, 3.8) is 0 Å². The Labute approximate surface area is 130 Å². The number of hydrogen-bond donors (Lipinski definition) is 2. The first kappa shape index (κ1) is 17.2. The molecule has 0 atom stereocenters. The van der Waals surface area contributed by atoms with Gasteiger partial charge in [0.05, 0.1) is 11.0 Å². The Kier molecular flexibility index (Phi) is 4.86. The summed E-state index contributed by atoms with van der Waals surface area (Å²) in [6.07, 6.45) is 0.300. The molecule has 1 aliphatic carbocycles. The minimum absolute atomic E-state index is 0.0673. The van der Waals surface area contributed by atoms with E-state index in [1.807, 2.05) is 0 Å². The Morgan fingerprint density at radius 2 is 1.74 bits per heavy atom. The molecule has 1 aliphatic rings. The first-order chi connectivity index (χ1) is 10.7. The Morgan fingerprint density at radius 1 is 1.17 bits per heavy atom. The highest BCUT2D eigenvalue weighted by Crippen LogP contribution is 2.36. The van der Waals surface area contributed by atoms with Crippen molar-refractivity contribution in [1.29, 1.82) is 0 Å². The average Bonchev–Trinajstić information content (AvgIpc) is 2.52. The van der Waals surface area contributed by atoms with Crippen LogP contribution in [0.25, 0.3) is 0 Å². The second kappa shape index (κ2) is 6.51. The summed E-state index contributed by atoms with van der Waals surface area (Å²) in [5.41, 5.74) is -1.16. The lowest BCUT2D eigenvalue weighted by Gasteiger charge is -2.33. The molecule has 0 saturated heterocycles. The molecule has 1 aromatic rings. The molecule has 0 radical (unpaired) electrons. The van der Waals surface area contributed by atoms with Crippen LogP contribution in [-0.4, -0.2) is 33.5 Å². The largest absolute Gasteiger partial charge is 0.481 e. The maximum atomic E-state index is 12.4. The van der Waals surface area contributed by atoms with Gasteiger partial charge in [-0.05, 0) is 12.8 Å². The SMILES string of the molecule is O=C(NCC1(C(=O)O)CCCCC1)c1cnc(C(F)(F)F)nc1. The maximum absolute atomic E-state index is 12.4. The lowest BCUT2D eigenvalue weighted by atomic mass is 9.74. The van der Waals surface area contributed by atoms with Gasteiger partial charge in [0.15, 0.2) is 0 Å². The van der Waals surface area contributed by atoms with Gasteiger partial charge in [-0.1, -0.05) is 19.3 Å².